The zero-order valence-electron chi connectivity index (χ0n) is 15.3. The lowest BCUT2D eigenvalue weighted by Crippen LogP contribution is -2.20. The van der Waals surface area contributed by atoms with E-state index in [1.807, 2.05) is 0 Å². The first-order valence-electron chi connectivity index (χ1n) is 8.67. The minimum atomic E-state index is -0.323. The Balaban J connectivity index is 1.58. The summed E-state index contributed by atoms with van der Waals surface area (Å²) in [4.78, 5) is 28.9. The molecule has 0 aliphatic rings. The monoisotopic (exact) mass is 426 g/mol. The zero-order chi connectivity index (χ0) is 20.4. The van der Waals surface area contributed by atoms with Crippen molar-refractivity contribution < 1.29 is 13.9 Å². The van der Waals surface area contributed by atoms with Crippen molar-refractivity contribution in [1.82, 2.24) is 4.98 Å². The average Bonchev–Trinajstić information content (AvgIpc) is 3.20. The van der Waals surface area contributed by atoms with Crippen molar-refractivity contribution >= 4 is 44.9 Å². The van der Waals surface area contributed by atoms with E-state index < -0.39 is 0 Å². The molecule has 0 unspecified atom stereocenters. The molecule has 0 saturated heterocycles. The Labute approximate surface area is 174 Å². The zero-order valence-corrected chi connectivity index (χ0v) is 16.8. The number of halogens is 1. The number of amides is 1. The van der Waals surface area contributed by atoms with Crippen LogP contribution in [0.2, 0.25) is 5.02 Å². The lowest BCUT2D eigenvalue weighted by Gasteiger charge is -2.09. The summed E-state index contributed by atoms with van der Waals surface area (Å²) in [6.45, 7) is 1.55. The van der Waals surface area contributed by atoms with Gasteiger partial charge in [0.05, 0.1) is 10.9 Å². The lowest BCUT2D eigenvalue weighted by molar-refractivity contribution is -0.118. The summed E-state index contributed by atoms with van der Waals surface area (Å²) >= 11 is 7.26. The molecule has 0 fully saturated rings. The first-order chi connectivity index (χ1) is 14.0. The Kier molecular flexibility index (Phi) is 5.33. The molecular weight excluding hydrogens is 412 g/mol. The van der Waals surface area contributed by atoms with Gasteiger partial charge >= 0.3 is 0 Å². The third-order valence-electron chi connectivity index (χ3n) is 4.22. The predicted octanol–water partition coefficient (Wildman–Crippen LogP) is 4.90. The summed E-state index contributed by atoms with van der Waals surface area (Å²) in [6, 6.07) is 11.9. The van der Waals surface area contributed by atoms with Crippen molar-refractivity contribution in [3.05, 3.63) is 75.0 Å². The van der Waals surface area contributed by atoms with Crippen molar-refractivity contribution in [2.24, 2.45) is 0 Å². The molecule has 0 aliphatic carbocycles. The van der Waals surface area contributed by atoms with Gasteiger partial charge in [0, 0.05) is 22.7 Å². The molecular formula is C21H15ClN2O4S. The summed E-state index contributed by atoms with van der Waals surface area (Å²) in [7, 11) is 0. The molecule has 2 aromatic heterocycles. The fourth-order valence-electron chi connectivity index (χ4n) is 2.92. The molecule has 1 amide bonds. The maximum absolute atomic E-state index is 13.0. The van der Waals surface area contributed by atoms with E-state index in [0.717, 1.165) is 5.56 Å². The number of carbonyl (C=O) groups excluding carboxylic acids is 1. The Morgan fingerprint density at radius 1 is 1.24 bits per heavy atom. The van der Waals surface area contributed by atoms with Crippen LogP contribution in [0.25, 0.3) is 22.1 Å². The largest absolute Gasteiger partial charge is 0.484 e. The minimum absolute atomic E-state index is 0.140. The highest BCUT2D eigenvalue weighted by Crippen LogP contribution is 2.27. The standard InChI is InChI=1S/C21H15ClN2O4S/c1-12-19(13-2-4-14(22)5-3-13)20(26)16-7-6-15(10-17(16)28-12)27-11-18(25)24-21-23-8-9-29-21/h2-10H,11H2,1H3,(H,23,24,25). The number of aryl methyl sites for hydroxylation is 1. The van der Waals surface area contributed by atoms with Crippen LogP contribution in [0, 0.1) is 6.92 Å². The van der Waals surface area contributed by atoms with E-state index in [4.69, 9.17) is 20.8 Å². The second-order valence-corrected chi connectivity index (χ2v) is 7.53. The van der Waals surface area contributed by atoms with Gasteiger partial charge in [-0.25, -0.2) is 4.98 Å². The van der Waals surface area contributed by atoms with E-state index in [9.17, 15) is 9.59 Å². The Bertz CT molecular complexity index is 1230. The Hall–Kier alpha value is -3.16. The van der Waals surface area contributed by atoms with Crippen LogP contribution in [0.1, 0.15) is 5.76 Å². The van der Waals surface area contributed by atoms with Gasteiger partial charge in [0.1, 0.15) is 17.1 Å². The molecule has 2 heterocycles. The van der Waals surface area contributed by atoms with Crippen molar-refractivity contribution in [2.45, 2.75) is 6.92 Å². The molecule has 0 saturated carbocycles. The number of benzene rings is 2. The molecule has 0 bridgehead atoms. The minimum Gasteiger partial charge on any atom is -0.484 e. The fourth-order valence-corrected chi connectivity index (χ4v) is 3.59. The third-order valence-corrected chi connectivity index (χ3v) is 5.16. The summed E-state index contributed by atoms with van der Waals surface area (Å²) in [5.41, 5.74) is 1.48. The molecule has 29 heavy (non-hydrogen) atoms. The van der Waals surface area contributed by atoms with Crippen molar-refractivity contribution in [3.8, 4) is 16.9 Å². The molecule has 0 aliphatic heterocycles. The summed E-state index contributed by atoms with van der Waals surface area (Å²) in [5, 5.41) is 5.94. The number of aromatic nitrogens is 1. The van der Waals surface area contributed by atoms with Crippen LogP contribution in [0.3, 0.4) is 0 Å². The number of hydrogen-bond acceptors (Lipinski definition) is 6. The second-order valence-electron chi connectivity index (χ2n) is 6.20. The van der Waals surface area contributed by atoms with Crippen LogP contribution < -0.4 is 15.5 Å². The van der Waals surface area contributed by atoms with Crippen LogP contribution in [-0.4, -0.2) is 17.5 Å². The number of anilines is 1. The average molecular weight is 427 g/mol. The second kappa shape index (κ2) is 8.06. The van der Waals surface area contributed by atoms with E-state index >= 15 is 0 Å². The molecule has 4 rings (SSSR count). The number of thiazole rings is 1. The molecule has 8 heteroatoms. The van der Waals surface area contributed by atoms with Crippen LogP contribution in [-0.2, 0) is 4.79 Å². The van der Waals surface area contributed by atoms with Gasteiger partial charge in [0.25, 0.3) is 5.91 Å². The molecule has 4 aromatic rings. The summed E-state index contributed by atoms with van der Waals surface area (Å²) in [5.74, 6) is 0.591. The number of ether oxygens (including phenoxy) is 1. The number of carbonyl (C=O) groups is 1. The lowest BCUT2D eigenvalue weighted by atomic mass is 10.0. The highest BCUT2D eigenvalue weighted by molar-refractivity contribution is 7.13. The summed E-state index contributed by atoms with van der Waals surface area (Å²) in [6.07, 6.45) is 1.60. The SMILES string of the molecule is Cc1oc2cc(OCC(=O)Nc3nccs3)ccc2c(=O)c1-c1ccc(Cl)cc1. The predicted molar refractivity (Wildman–Crippen MR) is 114 cm³/mol. The van der Waals surface area contributed by atoms with Gasteiger partial charge in [-0.2, -0.15) is 0 Å². The first kappa shape index (κ1) is 19.2. The highest BCUT2D eigenvalue weighted by atomic mass is 35.5. The van der Waals surface area contributed by atoms with Gasteiger partial charge in [-0.1, -0.05) is 23.7 Å². The van der Waals surface area contributed by atoms with Crippen molar-refractivity contribution in [3.63, 3.8) is 0 Å². The van der Waals surface area contributed by atoms with Crippen LogP contribution in [0.5, 0.6) is 5.75 Å². The van der Waals surface area contributed by atoms with Gasteiger partial charge in [-0.05, 0) is 36.8 Å². The maximum Gasteiger partial charge on any atom is 0.264 e. The normalized spacial score (nSPS) is 10.8. The molecule has 1 N–H and O–H groups in total. The number of nitrogens with zero attached hydrogens (tertiary/aromatic N) is 1. The Morgan fingerprint density at radius 3 is 2.76 bits per heavy atom. The van der Waals surface area contributed by atoms with E-state index in [1.54, 1.807) is 61.0 Å². The summed E-state index contributed by atoms with van der Waals surface area (Å²) < 4.78 is 11.4. The first-order valence-corrected chi connectivity index (χ1v) is 9.92. The van der Waals surface area contributed by atoms with Gasteiger partial charge < -0.3 is 9.15 Å². The van der Waals surface area contributed by atoms with Crippen LogP contribution in [0.4, 0.5) is 5.13 Å². The van der Waals surface area contributed by atoms with Gasteiger partial charge in [0.15, 0.2) is 11.7 Å². The van der Waals surface area contributed by atoms with Gasteiger partial charge in [-0.15, -0.1) is 11.3 Å². The molecule has 146 valence electrons. The molecule has 0 radical (unpaired) electrons. The fraction of sp³-hybridized carbons (Fsp3) is 0.0952. The third kappa shape index (κ3) is 4.16. The number of hydrogen-bond donors (Lipinski definition) is 1. The Morgan fingerprint density at radius 2 is 2.03 bits per heavy atom. The number of rotatable bonds is 5. The van der Waals surface area contributed by atoms with Gasteiger partial charge in [0.2, 0.25) is 5.43 Å². The quantitative estimate of drug-likeness (QED) is 0.491. The topological polar surface area (TPSA) is 81.4 Å². The van der Waals surface area contributed by atoms with E-state index in [0.29, 0.717) is 38.2 Å². The molecule has 2 aromatic carbocycles. The van der Waals surface area contributed by atoms with Crippen LogP contribution in [0.15, 0.2) is 63.3 Å². The molecule has 0 atom stereocenters. The number of nitrogens with one attached hydrogen (secondary N) is 1. The molecule has 0 spiro atoms. The molecule has 6 nitrogen and oxygen atoms in total. The van der Waals surface area contributed by atoms with E-state index in [2.05, 4.69) is 10.3 Å². The van der Waals surface area contributed by atoms with Crippen molar-refractivity contribution in [1.29, 1.82) is 0 Å². The van der Waals surface area contributed by atoms with Crippen molar-refractivity contribution in [2.75, 3.05) is 11.9 Å². The van der Waals surface area contributed by atoms with E-state index in [-0.39, 0.29) is 17.9 Å². The van der Waals surface area contributed by atoms with Gasteiger partial charge in [-0.3, -0.25) is 14.9 Å². The van der Waals surface area contributed by atoms with E-state index in [1.165, 1.54) is 11.3 Å². The van der Waals surface area contributed by atoms with Crippen LogP contribution >= 0.6 is 22.9 Å². The maximum atomic E-state index is 13.0. The highest BCUT2D eigenvalue weighted by Gasteiger charge is 2.14. The smallest absolute Gasteiger partial charge is 0.264 e. The number of fused-ring (bicyclic) bond motifs is 1.